The number of aliphatic hydroxyl groups excluding tert-OH is 1. The third-order valence-corrected chi connectivity index (χ3v) is 6.91. The van der Waals surface area contributed by atoms with Gasteiger partial charge in [-0.2, -0.15) is 0 Å². The van der Waals surface area contributed by atoms with Gasteiger partial charge in [0.15, 0.2) is 17.8 Å². The van der Waals surface area contributed by atoms with Crippen molar-refractivity contribution in [1.82, 2.24) is 5.32 Å². The Kier molecular flexibility index (Phi) is 7.86. The van der Waals surface area contributed by atoms with Crippen molar-refractivity contribution in [3.05, 3.63) is 33.7 Å². The number of aliphatic hydroxyl groups is 1. The standard InChI is InChI=1S/C26H33NO11/c1-6-34-22(30)16-17(28)14-10-11-15(12(2)19(14)36-23(16)31)35-24-18(29)20(21(33-5)26(3,4)38-24)37-25(32)27-13-8-7-9-13/h10-11,13,18,20-21,24,28-29H,6-9H2,1-5H3,(H,27,32)/t18-,20-,21-,24-/m1/s1. The molecule has 2 aromatic rings. The maximum Gasteiger partial charge on any atom is 0.407 e. The molecule has 1 aliphatic heterocycles. The van der Waals surface area contributed by atoms with Gasteiger partial charge in [-0.25, -0.2) is 14.4 Å². The first kappa shape index (κ1) is 27.7. The molecule has 38 heavy (non-hydrogen) atoms. The number of alkyl carbamates (subject to hydrolysis) is 1. The van der Waals surface area contributed by atoms with Crippen molar-refractivity contribution in [1.29, 1.82) is 0 Å². The lowest BCUT2D eigenvalue weighted by Crippen LogP contribution is -2.65. The van der Waals surface area contributed by atoms with E-state index < -0.39 is 59.2 Å². The maximum absolute atomic E-state index is 12.5. The quantitative estimate of drug-likeness (QED) is 0.353. The van der Waals surface area contributed by atoms with Crippen LogP contribution in [0.25, 0.3) is 11.0 Å². The third-order valence-electron chi connectivity index (χ3n) is 6.91. The van der Waals surface area contributed by atoms with E-state index in [1.807, 2.05) is 0 Å². The van der Waals surface area contributed by atoms with Crippen LogP contribution in [0, 0.1) is 6.92 Å². The number of hydrogen-bond donors (Lipinski definition) is 3. The van der Waals surface area contributed by atoms with Crippen molar-refractivity contribution >= 4 is 23.0 Å². The minimum Gasteiger partial charge on any atom is -0.506 e. The molecule has 1 aromatic heterocycles. The fourth-order valence-electron chi connectivity index (χ4n) is 4.69. The molecule has 1 aromatic carbocycles. The lowest BCUT2D eigenvalue weighted by molar-refractivity contribution is -0.305. The number of ether oxygens (including phenoxy) is 5. The van der Waals surface area contributed by atoms with Gasteiger partial charge in [0.05, 0.1) is 17.6 Å². The molecule has 1 aliphatic carbocycles. The van der Waals surface area contributed by atoms with Crippen LogP contribution in [0.3, 0.4) is 0 Å². The summed E-state index contributed by atoms with van der Waals surface area (Å²) in [6.07, 6.45) is -2.58. The number of amides is 1. The van der Waals surface area contributed by atoms with E-state index in [-0.39, 0.29) is 29.4 Å². The predicted molar refractivity (Wildman–Crippen MR) is 132 cm³/mol. The van der Waals surface area contributed by atoms with Crippen LogP contribution >= 0.6 is 0 Å². The highest BCUT2D eigenvalue weighted by Crippen LogP contribution is 2.37. The van der Waals surface area contributed by atoms with Crippen molar-refractivity contribution in [3.63, 3.8) is 0 Å². The van der Waals surface area contributed by atoms with Crippen LogP contribution in [0.15, 0.2) is 21.3 Å². The minimum absolute atomic E-state index is 0.0124. The molecule has 4 atom stereocenters. The molecule has 208 valence electrons. The Morgan fingerprint density at radius 1 is 1.24 bits per heavy atom. The number of esters is 1. The number of hydrogen-bond acceptors (Lipinski definition) is 11. The average Bonchev–Trinajstić information content (AvgIpc) is 2.81. The topological polar surface area (TPSA) is 163 Å². The molecule has 4 rings (SSSR count). The third kappa shape index (κ3) is 5.16. The van der Waals surface area contributed by atoms with Gasteiger partial charge in [0.2, 0.25) is 6.29 Å². The second kappa shape index (κ2) is 10.8. The summed E-state index contributed by atoms with van der Waals surface area (Å²) in [5, 5.41) is 24.6. The van der Waals surface area contributed by atoms with Crippen LogP contribution in [0.4, 0.5) is 4.79 Å². The summed E-state index contributed by atoms with van der Waals surface area (Å²) in [5.41, 5.74) is -2.44. The van der Waals surface area contributed by atoms with E-state index in [1.165, 1.54) is 19.2 Å². The minimum atomic E-state index is -1.44. The Morgan fingerprint density at radius 3 is 2.55 bits per heavy atom. The number of carbonyl (C=O) groups is 2. The lowest BCUT2D eigenvalue weighted by Gasteiger charge is -2.47. The van der Waals surface area contributed by atoms with E-state index in [4.69, 9.17) is 28.1 Å². The molecule has 2 aliphatic rings. The Hall–Kier alpha value is -3.35. The monoisotopic (exact) mass is 535 g/mol. The summed E-state index contributed by atoms with van der Waals surface area (Å²) in [6, 6.07) is 2.91. The Morgan fingerprint density at radius 2 is 1.95 bits per heavy atom. The van der Waals surface area contributed by atoms with E-state index in [9.17, 15) is 24.6 Å². The van der Waals surface area contributed by atoms with Gasteiger partial charge >= 0.3 is 17.7 Å². The summed E-state index contributed by atoms with van der Waals surface area (Å²) >= 11 is 0. The molecule has 1 saturated carbocycles. The fourth-order valence-corrected chi connectivity index (χ4v) is 4.69. The van der Waals surface area contributed by atoms with Crippen molar-refractivity contribution in [2.45, 2.75) is 83.2 Å². The van der Waals surface area contributed by atoms with E-state index in [1.54, 1.807) is 27.7 Å². The van der Waals surface area contributed by atoms with Crippen LogP contribution in [-0.2, 0) is 18.9 Å². The highest BCUT2D eigenvalue weighted by Gasteiger charge is 2.53. The number of fused-ring (bicyclic) bond motifs is 1. The maximum atomic E-state index is 12.5. The summed E-state index contributed by atoms with van der Waals surface area (Å²) < 4.78 is 33.3. The highest BCUT2D eigenvalue weighted by atomic mass is 16.7. The van der Waals surface area contributed by atoms with E-state index in [0.29, 0.717) is 5.56 Å². The normalized spacial score (nSPS) is 24.9. The Bertz CT molecular complexity index is 1270. The fraction of sp³-hybridized carbons (Fsp3) is 0.577. The van der Waals surface area contributed by atoms with Gasteiger partial charge in [0, 0.05) is 18.7 Å². The molecule has 12 heteroatoms. The summed E-state index contributed by atoms with van der Waals surface area (Å²) in [5.74, 6) is -1.41. The van der Waals surface area contributed by atoms with Crippen LogP contribution in [0.1, 0.15) is 56.0 Å². The van der Waals surface area contributed by atoms with Crippen LogP contribution in [0.5, 0.6) is 11.5 Å². The molecule has 2 heterocycles. The van der Waals surface area contributed by atoms with E-state index in [2.05, 4.69) is 5.32 Å². The second-order valence-electron chi connectivity index (χ2n) is 9.90. The molecular formula is C26H33NO11. The molecule has 0 spiro atoms. The number of rotatable bonds is 7. The molecule has 1 saturated heterocycles. The molecule has 0 radical (unpaired) electrons. The van der Waals surface area contributed by atoms with Crippen molar-refractivity contribution in [2.24, 2.45) is 0 Å². The first-order valence-corrected chi connectivity index (χ1v) is 12.5. The Labute approximate surface area is 218 Å². The first-order valence-electron chi connectivity index (χ1n) is 12.5. The zero-order valence-corrected chi connectivity index (χ0v) is 21.9. The first-order chi connectivity index (χ1) is 18.0. The molecule has 1 amide bonds. The van der Waals surface area contributed by atoms with Crippen LogP contribution < -0.4 is 15.7 Å². The smallest absolute Gasteiger partial charge is 0.407 e. The molecule has 2 fully saturated rings. The Balaban J connectivity index is 1.62. The van der Waals surface area contributed by atoms with E-state index >= 15 is 0 Å². The second-order valence-corrected chi connectivity index (χ2v) is 9.90. The molecule has 3 N–H and O–H groups in total. The molecular weight excluding hydrogens is 502 g/mol. The largest absolute Gasteiger partial charge is 0.506 e. The van der Waals surface area contributed by atoms with Crippen LogP contribution in [-0.4, -0.2) is 72.2 Å². The number of nitrogens with one attached hydrogen (secondary N) is 1. The number of aryl methyl sites for hydroxylation is 1. The van der Waals surface area contributed by atoms with Gasteiger partial charge in [-0.15, -0.1) is 0 Å². The average molecular weight is 536 g/mol. The van der Waals surface area contributed by atoms with Gasteiger partial charge in [0.25, 0.3) is 0 Å². The van der Waals surface area contributed by atoms with Gasteiger partial charge < -0.3 is 43.6 Å². The number of benzene rings is 1. The predicted octanol–water partition coefficient (Wildman–Crippen LogP) is 2.52. The van der Waals surface area contributed by atoms with Gasteiger partial charge in [0.1, 0.15) is 23.2 Å². The van der Waals surface area contributed by atoms with Crippen molar-refractivity contribution in [2.75, 3.05) is 13.7 Å². The summed E-state index contributed by atoms with van der Waals surface area (Å²) in [6.45, 7) is 6.58. The van der Waals surface area contributed by atoms with Gasteiger partial charge in [-0.05, 0) is 59.1 Å². The number of carbonyl (C=O) groups excluding carboxylic acids is 2. The van der Waals surface area contributed by atoms with E-state index in [0.717, 1.165) is 19.3 Å². The number of aromatic hydroxyl groups is 1. The van der Waals surface area contributed by atoms with Gasteiger partial charge in [-0.1, -0.05) is 0 Å². The van der Waals surface area contributed by atoms with Crippen LogP contribution in [0.2, 0.25) is 0 Å². The lowest BCUT2D eigenvalue weighted by atomic mass is 9.89. The van der Waals surface area contributed by atoms with Gasteiger partial charge in [-0.3, -0.25) is 0 Å². The summed E-state index contributed by atoms with van der Waals surface area (Å²) in [7, 11) is 1.43. The highest BCUT2D eigenvalue weighted by molar-refractivity contribution is 5.99. The SMILES string of the molecule is CCOC(=O)c1c(O)c2ccc(O[C@@H]3OC(C)(C)[C@H](OC)[C@H](OC(=O)NC4CCC4)[C@H]3O)c(C)c2oc1=O. The molecule has 0 unspecified atom stereocenters. The molecule has 12 nitrogen and oxygen atoms in total. The number of methoxy groups -OCH3 is 1. The zero-order valence-electron chi connectivity index (χ0n) is 21.9. The summed E-state index contributed by atoms with van der Waals surface area (Å²) in [4.78, 5) is 37.1. The van der Waals surface area contributed by atoms with Crippen molar-refractivity contribution in [3.8, 4) is 11.5 Å². The molecule has 0 bridgehead atoms. The zero-order chi connectivity index (χ0) is 27.8. The van der Waals surface area contributed by atoms with Crippen molar-refractivity contribution < 1.29 is 47.9 Å².